The molecule has 0 aliphatic heterocycles. The highest BCUT2D eigenvalue weighted by molar-refractivity contribution is 5.31. The van der Waals surface area contributed by atoms with Crippen molar-refractivity contribution in [3.05, 3.63) is 48.3 Å². The van der Waals surface area contributed by atoms with Gasteiger partial charge in [-0.05, 0) is 25.0 Å². The molecule has 16 heavy (non-hydrogen) atoms. The first kappa shape index (κ1) is 10.4. The van der Waals surface area contributed by atoms with E-state index in [9.17, 15) is 0 Å². The van der Waals surface area contributed by atoms with Crippen molar-refractivity contribution in [3.63, 3.8) is 0 Å². The van der Waals surface area contributed by atoms with E-state index in [1.807, 2.05) is 25.3 Å². The van der Waals surface area contributed by atoms with Crippen LogP contribution in [0.1, 0.15) is 12.5 Å². The van der Waals surface area contributed by atoms with Gasteiger partial charge in [-0.25, -0.2) is 9.67 Å². The van der Waals surface area contributed by atoms with Crippen molar-refractivity contribution >= 4 is 5.82 Å². The van der Waals surface area contributed by atoms with Gasteiger partial charge in [0.25, 0.3) is 0 Å². The Labute approximate surface area is 94.4 Å². The van der Waals surface area contributed by atoms with E-state index >= 15 is 0 Å². The van der Waals surface area contributed by atoms with Crippen LogP contribution in [0.3, 0.4) is 0 Å². The second kappa shape index (κ2) is 4.18. The van der Waals surface area contributed by atoms with E-state index in [4.69, 9.17) is 5.73 Å². The van der Waals surface area contributed by atoms with Gasteiger partial charge in [0, 0.05) is 18.5 Å². The predicted molar refractivity (Wildman–Crippen MR) is 64.3 cm³/mol. The van der Waals surface area contributed by atoms with Crippen molar-refractivity contribution in [2.24, 2.45) is 0 Å². The van der Waals surface area contributed by atoms with Gasteiger partial charge in [0.15, 0.2) is 5.82 Å². The molecule has 82 valence electrons. The number of pyridine rings is 1. The molecule has 2 heterocycles. The number of nitrogens with zero attached hydrogens (tertiary/aromatic N) is 3. The first-order chi connectivity index (χ1) is 7.65. The molecule has 2 aromatic rings. The lowest BCUT2D eigenvalue weighted by molar-refractivity contribution is 0.848. The Morgan fingerprint density at radius 2 is 2.25 bits per heavy atom. The average molecular weight is 214 g/mol. The molecule has 2 rings (SSSR count). The minimum atomic E-state index is 0.493. The maximum absolute atomic E-state index is 5.54. The van der Waals surface area contributed by atoms with Crippen LogP contribution < -0.4 is 5.73 Å². The van der Waals surface area contributed by atoms with Gasteiger partial charge in [-0.15, -0.1) is 5.10 Å². The SMILES string of the molecule is C=C(C)Cc1ccc(-n2ccc(N)n2)nc1. The number of anilines is 1. The normalized spacial score (nSPS) is 10.3. The van der Waals surface area contributed by atoms with Gasteiger partial charge in [0.2, 0.25) is 0 Å². The van der Waals surface area contributed by atoms with Gasteiger partial charge < -0.3 is 5.73 Å². The van der Waals surface area contributed by atoms with E-state index in [0.717, 1.165) is 23.4 Å². The van der Waals surface area contributed by atoms with Gasteiger partial charge >= 0.3 is 0 Å². The summed E-state index contributed by atoms with van der Waals surface area (Å²) in [4.78, 5) is 4.32. The van der Waals surface area contributed by atoms with Crippen molar-refractivity contribution in [2.75, 3.05) is 5.73 Å². The minimum absolute atomic E-state index is 0.493. The Morgan fingerprint density at radius 3 is 2.75 bits per heavy atom. The summed E-state index contributed by atoms with van der Waals surface area (Å²) in [7, 11) is 0. The number of aromatic nitrogens is 3. The minimum Gasteiger partial charge on any atom is -0.382 e. The molecule has 0 spiro atoms. The van der Waals surface area contributed by atoms with E-state index in [1.54, 1.807) is 16.9 Å². The number of allylic oxidation sites excluding steroid dienone is 1. The highest BCUT2D eigenvalue weighted by Gasteiger charge is 2.00. The number of nitrogens with two attached hydrogens (primary N) is 1. The second-order valence-corrected chi connectivity index (χ2v) is 3.84. The Kier molecular flexibility index (Phi) is 2.72. The highest BCUT2D eigenvalue weighted by atomic mass is 15.3. The van der Waals surface area contributed by atoms with Crippen molar-refractivity contribution in [1.29, 1.82) is 0 Å². The smallest absolute Gasteiger partial charge is 0.153 e. The maximum atomic E-state index is 5.54. The fraction of sp³-hybridized carbons (Fsp3) is 0.167. The van der Waals surface area contributed by atoms with Crippen LogP contribution in [-0.2, 0) is 6.42 Å². The van der Waals surface area contributed by atoms with Crippen LogP contribution in [0.5, 0.6) is 0 Å². The third-order valence-electron chi connectivity index (χ3n) is 2.16. The molecule has 0 aliphatic carbocycles. The zero-order valence-corrected chi connectivity index (χ0v) is 9.22. The molecule has 4 nitrogen and oxygen atoms in total. The Bertz CT molecular complexity index is 496. The molecular weight excluding hydrogens is 200 g/mol. The highest BCUT2D eigenvalue weighted by Crippen LogP contribution is 2.09. The van der Waals surface area contributed by atoms with Gasteiger partial charge in [0.05, 0.1) is 0 Å². The Hall–Kier alpha value is -2.10. The van der Waals surface area contributed by atoms with Crippen LogP contribution in [0.2, 0.25) is 0 Å². The first-order valence-corrected chi connectivity index (χ1v) is 5.06. The van der Waals surface area contributed by atoms with Crippen LogP contribution in [0.25, 0.3) is 5.82 Å². The van der Waals surface area contributed by atoms with Crippen molar-refractivity contribution < 1.29 is 0 Å². The summed E-state index contributed by atoms with van der Waals surface area (Å²) < 4.78 is 1.65. The fourth-order valence-corrected chi connectivity index (χ4v) is 1.47. The summed E-state index contributed by atoms with van der Waals surface area (Å²) in [6.45, 7) is 5.87. The summed E-state index contributed by atoms with van der Waals surface area (Å²) in [5, 5.41) is 4.09. The lowest BCUT2D eigenvalue weighted by atomic mass is 10.1. The van der Waals surface area contributed by atoms with E-state index < -0.39 is 0 Å². The molecule has 0 aromatic carbocycles. The zero-order chi connectivity index (χ0) is 11.5. The average Bonchev–Trinajstić information content (AvgIpc) is 2.65. The molecular formula is C12H14N4. The van der Waals surface area contributed by atoms with Crippen molar-refractivity contribution in [1.82, 2.24) is 14.8 Å². The Balaban J connectivity index is 2.22. The first-order valence-electron chi connectivity index (χ1n) is 5.06. The molecule has 4 heteroatoms. The van der Waals surface area contributed by atoms with E-state index in [0.29, 0.717) is 5.82 Å². The second-order valence-electron chi connectivity index (χ2n) is 3.84. The van der Waals surface area contributed by atoms with E-state index in [-0.39, 0.29) is 0 Å². The number of hydrogen-bond donors (Lipinski definition) is 1. The molecule has 0 unspecified atom stereocenters. The van der Waals surface area contributed by atoms with Gasteiger partial charge in [0.1, 0.15) is 5.82 Å². The predicted octanol–water partition coefficient (Wildman–Crippen LogP) is 1.97. The summed E-state index contributed by atoms with van der Waals surface area (Å²) >= 11 is 0. The lowest BCUT2D eigenvalue weighted by Gasteiger charge is -2.02. The number of hydrogen-bond acceptors (Lipinski definition) is 3. The van der Waals surface area contributed by atoms with E-state index in [1.165, 1.54) is 0 Å². The van der Waals surface area contributed by atoms with Gasteiger partial charge in [-0.2, -0.15) is 0 Å². The largest absolute Gasteiger partial charge is 0.382 e. The number of rotatable bonds is 3. The van der Waals surface area contributed by atoms with Gasteiger partial charge in [-0.3, -0.25) is 0 Å². The molecule has 2 aromatic heterocycles. The fourth-order valence-electron chi connectivity index (χ4n) is 1.47. The topological polar surface area (TPSA) is 56.7 Å². The molecule has 2 N–H and O–H groups in total. The van der Waals surface area contributed by atoms with Crippen LogP contribution in [-0.4, -0.2) is 14.8 Å². The van der Waals surface area contributed by atoms with Crippen molar-refractivity contribution in [2.45, 2.75) is 13.3 Å². The monoisotopic (exact) mass is 214 g/mol. The lowest BCUT2D eigenvalue weighted by Crippen LogP contribution is -1.99. The summed E-state index contributed by atoms with van der Waals surface area (Å²) in [6, 6.07) is 5.68. The molecule has 0 amide bonds. The summed E-state index contributed by atoms with van der Waals surface area (Å²) in [6.07, 6.45) is 4.48. The molecule has 0 saturated carbocycles. The standard InChI is InChI=1S/C12H14N4/c1-9(2)7-10-3-4-12(14-8-10)16-6-5-11(13)15-16/h3-6,8H,1,7H2,2H3,(H2,13,15). The summed E-state index contributed by atoms with van der Waals surface area (Å²) in [5.41, 5.74) is 7.81. The third-order valence-corrected chi connectivity index (χ3v) is 2.16. The maximum Gasteiger partial charge on any atom is 0.153 e. The van der Waals surface area contributed by atoms with Crippen LogP contribution in [0, 0.1) is 0 Å². The van der Waals surface area contributed by atoms with Crippen LogP contribution >= 0.6 is 0 Å². The van der Waals surface area contributed by atoms with E-state index in [2.05, 4.69) is 16.7 Å². The Morgan fingerprint density at radius 1 is 1.44 bits per heavy atom. The molecule has 0 saturated heterocycles. The molecule has 0 fully saturated rings. The number of nitrogen functional groups attached to an aromatic ring is 1. The van der Waals surface area contributed by atoms with Crippen LogP contribution in [0.15, 0.2) is 42.7 Å². The zero-order valence-electron chi connectivity index (χ0n) is 9.22. The quantitative estimate of drug-likeness (QED) is 0.795. The molecule has 0 aliphatic rings. The summed E-state index contributed by atoms with van der Waals surface area (Å²) in [5.74, 6) is 1.26. The third kappa shape index (κ3) is 2.28. The van der Waals surface area contributed by atoms with Crippen molar-refractivity contribution in [3.8, 4) is 5.82 Å². The molecule has 0 atom stereocenters. The molecule has 0 bridgehead atoms. The van der Waals surface area contributed by atoms with Crippen LogP contribution in [0.4, 0.5) is 5.82 Å². The molecule has 0 radical (unpaired) electrons. The van der Waals surface area contributed by atoms with Gasteiger partial charge in [-0.1, -0.05) is 18.2 Å².